The lowest BCUT2D eigenvalue weighted by Gasteiger charge is -2.03. The van der Waals surface area contributed by atoms with Crippen LogP contribution in [0.15, 0.2) is 29.6 Å². The van der Waals surface area contributed by atoms with Crippen LogP contribution in [-0.4, -0.2) is 15.4 Å². The number of aromatic carboxylic acids is 1. The molecule has 1 N–H and O–H groups in total. The van der Waals surface area contributed by atoms with Gasteiger partial charge in [-0.3, -0.25) is 0 Å². The minimum Gasteiger partial charge on any atom is -0.478 e. The largest absolute Gasteiger partial charge is 0.478 e. The Balaban J connectivity index is 2.49. The summed E-state index contributed by atoms with van der Waals surface area (Å²) in [5.74, 6) is -1.11. The number of hydrogen-bond donors (Lipinski definition) is 1. The van der Waals surface area contributed by atoms with Gasteiger partial charge < -0.3 is 5.11 Å². The van der Waals surface area contributed by atoms with Crippen LogP contribution in [0.3, 0.4) is 0 Å². The Morgan fingerprint density at radius 2 is 2.18 bits per heavy atom. The van der Waals surface area contributed by atoms with Crippen LogP contribution >= 0.6 is 11.5 Å². The maximum Gasteiger partial charge on any atom is 0.338 e. The number of aromatic nitrogens is 1. The summed E-state index contributed by atoms with van der Waals surface area (Å²) in [5.41, 5.74) is 0.500. The van der Waals surface area contributed by atoms with Crippen molar-refractivity contribution >= 4 is 17.5 Å². The summed E-state index contributed by atoms with van der Waals surface area (Å²) >= 11 is 0.985. The summed E-state index contributed by atoms with van der Waals surface area (Å²) in [5, 5.41) is 10.3. The van der Waals surface area contributed by atoms with E-state index in [1.807, 2.05) is 0 Å². The molecule has 0 bridgehead atoms. The minimum atomic E-state index is -2.58. The fourth-order valence-corrected chi connectivity index (χ4v) is 2.10. The van der Waals surface area contributed by atoms with E-state index in [4.69, 9.17) is 5.11 Å². The van der Waals surface area contributed by atoms with Gasteiger partial charge in [-0.1, -0.05) is 18.2 Å². The van der Waals surface area contributed by atoms with Crippen molar-refractivity contribution < 1.29 is 18.7 Å². The molecule has 0 fully saturated rings. The van der Waals surface area contributed by atoms with Crippen molar-refractivity contribution in [2.45, 2.75) is 6.43 Å². The van der Waals surface area contributed by atoms with Crippen molar-refractivity contribution in [3.63, 3.8) is 0 Å². The fourth-order valence-electron chi connectivity index (χ4n) is 1.42. The molecule has 1 heterocycles. The average Bonchev–Trinajstić information content (AvgIpc) is 2.78. The summed E-state index contributed by atoms with van der Waals surface area (Å²) in [6.45, 7) is 0. The lowest BCUT2D eigenvalue weighted by molar-refractivity contribution is 0.0698. The second kappa shape index (κ2) is 4.58. The number of carboxylic acids is 1. The number of carbonyl (C=O) groups is 1. The van der Waals surface area contributed by atoms with E-state index in [1.54, 1.807) is 6.07 Å². The zero-order chi connectivity index (χ0) is 12.4. The second-order valence-corrected chi connectivity index (χ2v) is 3.94. The van der Waals surface area contributed by atoms with Crippen LogP contribution in [0, 0.1) is 0 Å². The van der Waals surface area contributed by atoms with Crippen LogP contribution in [0.2, 0.25) is 0 Å². The van der Waals surface area contributed by atoms with Gasteiger partial charge in [0.1, 0.15) is 0 Å². The van der Waals surface area contributed by atoms with Crippen molar-refractivity contribution in [2.24, 2.45) is 0 Å². The Kier molecular flexibility index (Phi) is 3.14. The molecule has 0 radical (unpaired) electrons. The molecule has 2 rings (SSSR count). The summed E-state index contributed by atoms with van der Waals surface area (Å²) in [6, 6.07) is 5.57. The van der Waals surface area contributed by atoms with E-state index in [2.05, 4.69) is 4.37 Å². The van der Waals surface area contributed by atoms with Crippen LogP contribution in [0.4, 0.5) is 8.78 Å². The smallest absolute Gasteiger partial charge is 0.338 e. The summed E-state index contributed by atoms with van der Waals surface area (Å²) < 4.78 is 29.0. The highest BCUT2D eigenvalue weighted by atomic mass is 32.1. The van der Waals surface area contributed by atoms with Crippen LogP contribution in [-0.2, 0) is 0 Å². The molecule has 0 aliphatic carbocycles. The summed E-state index contributed by atoms with van der Waals surface area (Å²) in [4.78, 5) is 10.9. The molecule has 88 valence electrons. The average molecular weight is 255 g/mol. The van der Waals surface area contributed by atoms with Crippen LogP contribution in [0.5, 0.6) is 0 Å². The first-order valence-corrected chi connectivity index (χ1v) is 5.49. The highest BCUT2D eigenvalue weighted by Crippen LogP contribution is 2.28. The number of halogens is 2. The van der Waals surface area contributed by atoms with E-state index < -0.39 is 12.4 Å². The SMILES string of the molecule is O=C(O)c1csnc1-c1cccc(C(F)F)c1. The first-order chi connectivity index (χ1) is 8.09. The lowest BCUT2D eigenvalue weighted by atomic mass is 10.1. The predicted octanol–water partition coefficient (Wildman–Crippen LogP) is 3.45. The van der Waals surface area contributed by atoms with E-state index in [1.165, 1.54) is 23.6 Å². The topological polar surface area (TPSA) is 50.2 Å². The van der Waals surface area contributed by atoms with Gasteiger partial charge >= 0.3 is 5.97 Å². The van der Waals surface area contributed by atoms with Gasteiger partial charge in [-0.25, -0.2) is 13.6 Å². The monoisotopic (exact) mass is 255 g/mol. The molecule has 0 saturated carbocycles. The molecule has 0 atom stereocenters. The van der Waals surface area contributed by atoms with Crippen LogP contribution < -0.4 is 0 Å². The van der Waals surface area contributed by atoms with Gasteiger partial charge in [0.05, 0.1) is 11.3 Å². The van der Waals surface area contributed by atoms with Crippen LogP contribution in [0.25, 0.3) is 11.3 Å². The highest BCUT2D eigenvalue weighted by Gasteiger charge is 2.16. The number of benzene rings is 1. The van der Waals surface area contributed by atoms with Crippen molar-refractivity contribution in [1.82, 2.24) is 4.37 Å². The highest BCUT2D eigenvalue weighted by molar-refractivity contribution is 7.04. The zero-order valence-corrected chi connectivity index (χ0v) is 9.25. The van der Waals surface area contributed by atoms with Crippen molar-refractivity contribution in [3.05, 3.63) is 40.8 Å². The number of alkyl halides is 2. The molecule has 6 heteroatoms. The van der Waals surface area contributed by atoms with E-state index >= 15 is 0 Å². The van der Waals surface area contributed by atoms with Gasteiger partial charge in [-0.15, -0.1) is 0 Å². The molecule has 0 spiro atoms. The first-order valence-electron chi connectivity index (χ1n) is 4.65. The third kappa shape index (κ3) is 2.31. The second-order valence-electron chi connectivity index (χ2n) is 3.31. The zero-order valence-electron chi connectivity index (χ0n) is 8.43. The third-order valence-corrected chi connectivity index (χ3v) is 2.84. The van der Waals surface area contributed by atoms with E-state index in [9.17, 15) is 13.6 Å². The standard InChI is InChI=1S/C11H7F2NO2S/c12-10(13)7-3-1-2-6(4-7)9-8(11(15)16)5-17-14-9/h1-5,10H,(H,15,16). The van der Waals surface area contributed by atoms with Gasteiger partial charge in [-0.05, 0) is 17.6 Å². The lowest BCUT2D eigenvalue weighted by Crippen LogP contribution is -1.97. The molecule has 17 heavy (non-hydrogen) atoms. The quantitative estimate of drug-likeness (QED) is 0.913. The summed E-state index contributed by atoms with van der Waals surface area (Å²) in [6.07, 6.45) is -2.58. The molecular formula is C11H7F2NO2S. The Bertz CT molecular complexity index is 554. The summed E-state index contributed by atoms with van der Waals surface area (Å²) in [7, 11) is 0. The molecule has 0 amide bonds. The van der Waals surface area contributed by atoms with E-state index in [-0.39, 0.29) is 16.8 Å². The minimum absolute atomic E-state index is 0.0291. The van der Waals surface area contributed by atoms with Gasteiger partial charge in [0.25, 0.3) is 6.43 Å². The Morgan fingerprint density at radius 1 is 1.41 bits per heavy atom. The van der Waals surface area contributed by atoms with Crippen molar-refractivity contribution in [3.8, 4) is 11.3 Å². The molecule has 0 aliphatic heterocycles. The molecule has 3 nitrogen and oxygen atoms in total. The Morgan fingerprint density at radius 3 is 2.82 bits per heavy atom. The predicted molar refractivity (Wildman–Crippen MR) is 59.5 cm³/mol. The molecule has 0 unspecified atom stereocenters. The number of carboxylic acid groups (broad SMARTS) is 1. The van der Waals surface area contributed by atoms with Gasteiger partial charge in [0.15, 0.2) is 0 Å². The van der Waals surface area contributed by atoms with Gasteiger partial charge in [-0.2, -0.15) is 4.37 Å². The van der Waals surface area contributed by atoms with E-state index in [0.29, 0.717) is 5.56 Å². The fraction of sp³-hybridized carbons (Fsp3) is 0.0909. The molecule has 0 saturated heterocycles. The number of nitrogens with zero attached hydrogens (tertiary/aromatic N) is 1. The van der Waals surface area contributed by atoms with Crippen LogP contribution in [0.1, 0.15) is 22.3 Å². The molecular weight excluding hydrogens is 248 g/mol. The first kappa shape index (κ1) is 11.7. The maximum absolute atomic E-state index is 12.5. The van der Waals surface area contributed by atoms with E-state index in [0.717, 1.165) is 11.5 Å². The Hall–Kier alpha value is -1.82. The Labute approximate surface area is 99.5 Å². The normalized spacial score (nSPS) is 10.8. The number of hydrogen-bond acceptors (Lipinski definition) is 3. The third-order valence-electron chi connectivity index (χ3n) is 2.21. The molecule has 0 aliphatic rings. The van der Waals surface area contributed by atoms with Crippen molar-refractivity contribution in [1.29, 1.82) is 0 Å². The molecule has 1 aromatic heterocycles. The molecule has 1 aromatic carbocycles. The molecule has 2 aromatic rings. The van der Waals surface area contributed by atoms with Gasteiger partial charge in [0, 0.05) is 16.5 Å². The number of rotatable bonds is 3. The van der Waals surface area contributed by atoms with Gasteiger partial charge in [0.2, 0.25) is 0 Å². The maximum atomic E-state index is 12.5. The van der Waals surface area contributed by atoms with Crippen molar-refractivity contribution in [2.75, 3.05) is 0 Å².